The molecule has 0 aliphatic carbocycles. The van der Waals surface area contributed by atoms with Gasteiger partial charge in [0.15, 0.2) is 23.0 Å². The van der Waals surface area contributed by atoms with E-state index in [1.165, 1.54) is 38.3 Å². The van der Waals surface area contributed by atoms with E-state index in [1.807, 2.05) is 0 Å². The van der Waals surface area contributed by atoms with Crippen molar-refractivity contribution in [2.24, 2.45) is 0 Å². The molecule has 37 heavy (non-hydrogen) atoms. The van der Waals surface area contributed by atoms with Crippen LogP contribution in [0.3, 0.4) is 0 Å². The Morgan fingerprint density at radius 3 is 2.35 bits per heavy atom. The molecule has 0 unspecified atom stereocenters. The molecule has 0 saturated heterocycles. The maximum atomic E-state index is 12.7. The Hall–Kier alpha value is -5.12. The van der Waals surface area contributed by atoms with Crippen molar-refractivity contribution in [3.8, 4) is 23.0 Å². The largest absolute Gasteiger partial charge is 0.493 e. The van der Waals surface area contributed by atoms with Crippen LogP contribution in [0.1, 0.15) is 33.6 Å². The number of carbonyl (C=O) groups excluding carboxylic acids is 2. The zero-order valence-electron chi connectivity index (χ0n) is 19.9. The Kier molecular flexibility index (Phi) is 7.48. The number of nitrogens with zero attached hydrogens (tertiary/aromatic N) is 1. The molecule has 10 nitrogen and oxygen atoms in total. The molecule has 0 bridgehead atoms. The molecule has 10 heteroatoms. The average molecular weight is 502 g/mol. The Morgan fingerprint density at radius 1 is 0.946 bits per heavy atom. The molecule has 3 aromatic carbocycles. The van der Waals surface area contributed by atoms with Crippen molar-refractivity contribution >= 4 is 23.1 Å². The number of benzene rings is 3. The van der Waals surface area contributed by atoms with E-state index in [4.69, 9.17) is 18.6 Å². The summed E-state index contributed by atoms with van der Waals surface area (Å²) in [7, 11) is 1.48. The fourth-order valence-corrected chi connectivity index (χ4v) is 3.36. The fourth-order valence-electron chi connectivity index (χ4n) is 3.36. The molecule has 0 aliphatic heterocycles. The highest BCUT2D eigenvalue weighted by Crippen LogP contribution is 2.34. The standard InChI is InChI=1S/C27H22N2O8/c1-17(30)18-7-9-21(10-8-18)35-16-22-11-12-26(36-22)27(31)28-19-13-20(29(32)33)15-23(14-19)37-25-6-4-3-5-24(25)34-2/h3-15H,16H2,1-2H3,(H,28,31). The van der Waals surface area contributed by atoms with Gasteiger partial charge < -0.3 is 23.9 Å². The number of ether oxygens (including phenoxy) is 3. The van der Waals surface area contributed by atoms with E-state index in [9.17, 15) is 19.7 Å². The number of nitrogens with one attached hydrogen (secondary N) is 1. The summed E-state index contributed by atoms with van der Waals surface area (Å²) in [5.41, 5.74) is 0.442. The molecule has 0 saturated carbocycles. The summed E-state index contributed by atoms with van der Waals surface area (Å²) in [5, 5.41) is 14.0. The highest BCUT2D eigenvalue weighted by atomic mass is 16.6. The number of amides is 1. The average Bonchev–Trinajstić information content (AvgIpc) is 3.37. The van der Waals surface area contributed by atoms with Crippen LogP contribution in [0.25, 0.3) is 0 Å². The first kappa shape index (κ1) is 25.0. The van der Waals surface area contributed by atoms with Gasteiger partial charge in [0.05, 0.1) is 23.8 Å². The summed E-state index contributed by atoms with van der Waals surface area (Å²) in [4.78, 5) is 35.0. The highest BCUT2D eigenvalue weighted by molar-refractivity contribution is 6.02. The van der Waals surface area contributed by atoms with Crippen molar-refractivity contribution in [2.75, 3.05) is 12.4 Å². The third-order valence-electron chi connectivity index (χ3n) is 5.18. The number of furan rings is 1. The van der Waals surface area contributed by atoms with Crippen molar-refractivity contribution in [3.05, 3.63) is 106 Å². The summed E-state index contributed by atoms with van der Waals surface area (Å²) >= 11 is 0. The minimum atomic E-state index is -0.610. The van der Waals surface area contributed by atoms with E-state index in [2.05, 4.69) is 5.32 Å². The first-order valence-corrected chi connectivity index (χ1v) is 11.1. The summed E-state index contributed by atoms with van der Waals surface area (Å²) in [5.74, 6) is 1.19. The number of methoxy groups -OCH3 is 1. The Balaban J connectivity index is 1.45. The second-order valence-corrected chi connectivity index (χ2v) is 7.81. The van der Waals surface area contributed by atoms with Gasteiger partial charge in [-0.15, -0.1) is 0 Å². The van der Waals surface area contributed by atoms with Gasteiger partial charge in [0.2, 0.25) is 0 Å². The molecule has 1 amide bonds. The Bertz CT molecular complexity index is 1440. The maximum Gasteiger partial charge on any atom is 0.291 e. The van der Waals surface area contributed by atoms with Crippen LogP contribution >= 0.6 is 0 Å². The van der Waals surface area contributed by atoms with Gasteiger partial charge in [-0.2, -0.15) is 0 Å². The van der Waals surface area contributed by atoms with Crippen molar-refractivity contribution < 1.29 is 33.1 Å². The van der Waals surface area contributed by atoms with Gasteiger partial charge in [-0.3, -0.25) is 19.7 Å². The van der Waals surface area contributed by atoms with Crippen LogP contribution in [0.5, 0.6) is 23.0 Å². The van der Waals surface area contributed by atoms with Crippen molar-refractivity contribution in [2.45, 2.75) is 13.5 Å². The lowest BCUT2D eigenvalue weighted by Crippen LogP contribution is -2.11. The van der Waals surface area contributed by atoms with E-state index in [0.717, 1.165) is 0 Å². The van der Waals surface area contributed by atoms with E-state index < -0.39 is 10.8 Å². The lowest BCUT2D eigenvalue weighted by atomic mass is 10.1. The van der Waals surface area contributed by atoms with Crippen LogP contribution in [0.15, 0.2) is 83.3 Å². The minimum absolute atomic E-state index is 0.00997. The van der Waals surface area contributed by atoms with Crippen LogP contribution in [-0.2, 0) is 6.61 Å². The molecule has 1 heterocycles. The molecular weight excluding hydrogens is 480 g/mol. The topological polar surface area (TPSA) is 130 Å². The van der Waals surface area contributed by atoms with Crippen LogP contribution < -0.4 is 19.5 Å². The smallest absolute Gasteiger partial charge is 0.291 e. The molecular formula is C27H22N2O8. The number of nitro benzene ring substituents is 1. The van der Waals surface area contributed by atoms with E-state index in [-0.39, 0.29) is 35.3 Å². The normalized spacial score (nSPS) is 10.4. The fraction of sp³-hybridized carbons (Fsp3) is 0.111. The molecule has 1 aromatic heterocycles. The minimum Gasteiger partial charge on any atom is -0.493 e. The third kappa shape index (κ3) is 6.31. The zero-order valence-corrected chi connectivity index (χ0v) is 19.9. The molecule has 0 radical (unpaired) electrons. The van der Waals surface area contributed by atoms with Crippen LogP contribution in [-0.4, -0.2) is 23.7 Å². The van der Waals surface area contributed by atoms with E-state index in [0.29, 0.717) is 28.6 Å². The molecule has 0 fully saturated rings. The summed E-state index contributed by atoms with van der Waals surface area (Å²) in [6.07, 6.45) is 0. The number of nitro groups is 1. The third-order valence-corrected chi connectivity index (χ3v) is 5.18. The number of non-ortho nitro benzene ring substituents is 1. The van der Waals surface area contributed by atoms with Gasteiger partial charge in [0.1, 0.15) is 23.9 Å². The van der Waals surface area contributed by atoms with Crippen LogP contribution in [0.4, 0.5) is 11.4 Å². The zero-order chi connectivity index (χ0) is 26.4. The molecule has 4 aromatic rings. The first-order chi connectivity index (χ1) is 17.8. The van der Waals surface area contributed by atoms with Gasteiger partial charge in [-0.1, -0.05) is 12.1 Å². The van der Waals surface area contributed by atoms with Gasteiger partial charge >= 0.3 is 0 Å². The Morgan fingerprint density at radius 2 is 1.68 bits per heavy atom. The van der Waals surface area contributed by atoms with Crippen molar-refractivity contribution in [1.82, 2.24) is 0 Å². The van der Waals surface area contributed by atoms with Gasteiger partial charge in [-0.25, -0.2) is 0 Å². The van der Waals surface area contributed by atoms with E-state index >= 15 is 0 Å². The SMILES string of the molecule is COc1ccccc1Oc1cc(NC(=O)c2ccc(COc3ccc(C(C)=O)cc3)o2)cc([N+](=O)[O-])c1. The predicted molar refractivity (Wildman–Crippen MR) is 134 cm³/mol. The van der Waals surface area contributed by atoms with Gasteiger partial charge in [0, 0.05) is 17.7 Å². The molecule has 1 N–H and O–H groups in total. The molecule has 0 aliphatic rings. The number of carbonyl (C=O) groups is 2. The lowest BCUT2D eigenvalue weighted by molar-refractivity contribution is -0.384. The summed E-state index contributed by atoms with van der Waals surface area (Å²) in [6, 6.07) is 20.4. The lowest BCUT2D eigenvalue weighted by Gasteiger charge is -2.11. The predicted octanol–water partition coefficient (Wildman–Crippen LogP) is 6.02. The number of hydrogen-bond donors (Lipinski definition) is 1. The molecule has 0 spiro atoms. The highest BCUT2D eigenvalue weighted by Gasteiger charge is 2.17. The van der Waals surface area contributed by atoms with Gasteiger partial charge in [-0.05, 0) is 55.5 Å². The molecule has 0 atom stereocenters. The summed E-state index contributed by atoms with van der Waals surface area (Å²) < 4.78 is 22.2. The number of para-hydroxylation sites is 2. The number of rotatable bonds is 10. The monoisotopic (exact) mass is 502 g/mol. The van der Waals surface area contributed by atoms with Crippen LogP contribution in [0, 0.1) is 10.1 Å². The van der Waals surface area contributed by atoms with E-state index in [1.54, 1.807) is 54.6 Å². The number of ketones is 1. The van der Waals surface area contributed by atoms with Crippen LogP contribution in [0.2, 0.25) is 0 Å². The number of Topliss-reactive ketones (excluding diaryl/α,β-unsaturated/α-hetero) is 1. The van der Waals surface area contributed by atoms with Gasteiger partial charge in [0.25, 0.3) is 11.6 Å². The second kappa shape index (κ2) is 11.1. The maximum absolute atomic E-state index is 12.7. The summed E-state index contributed by atoms with van der Waals surface area (Å²) in [6.45, 7) is 1.54. The number of anilines is 1. The van der Waals surface area contributed by atoms with Crippen molar-refractivity contribution in [1.29, 1.82) is 0 Å². The molecule has 4 rings (SSSR count). The van der Waals surface area contributed by atoms with Crippen molar-refractivity contribution in [3.63, 3.8) is 0 Å². The molecule has 188 valence electrons. The first-order valence-electron chi connectivity index (χ1n) is 11.1. The quantitative estimate of drug-likeness (QED) is 0.158. The Labute approximate surface area is 211 Å². The number of hydrogen-bond acceptors (Lipinski definition) is 8. The second-order valence-electron chi connectivity index (χ2n) is 7.81.